The van der Waals surface area contributed by atoms with Crippen molar-refractivity contribution < 1.29 is 9.53 Å². The third-order valence-electron chi connectivity index (χ3n) is 6.53. The number of ether oxygens (including phenoxy) is 1. The van der Waals surface area contributed by atoms with Crippen molar-refractivity contribution in [3.8, 4) is 11.5 Å². The van der Waals surface area contributed by atoms with Crippen LogP contribution >= 0.6 is 15.9 Å². The van der Waals surface area contributed by atoms with Crippen molar-refractivity contribution in [2.24, 2.45) is 5.18 Å². The predicted molar refractivity (Wildman–Crippen MR) is 148 cm³/mol. The number of anilines is 1. The van der Waals surface area contributed by atoms with Gasteiger partial charge in [0, 0.05) is 30.8 Å². The number of hydrogen-bond donors (Lipinski definition) is 1. The standard InChI is InChI=1S/C29H32BrN3O3/c1-2-17-33(23-11-4-3-5-12-23)29(34)22-10-8-9-21(18-22)20-31-27-19-24(15-16-26(27)32-35)36-28-14-7-6-13-25(28)30/h6-10,13-16,18-19,23,31H,2-5,11-12,17,20H2,1H3. The minimum Gasteiger partial charge on any atom is -0.456 e. The summed E-state index contributed by atoms with van der Waals surface area (Å²) in [4.78, 5) is 26.9. The van der Waals surface area contributed by atoms with Crippen LogP contribution in [0.25, 0.3) is 0 Å². The molecule has 188 valence electrons. The Morgan fingerprint density at radius 3 is 2.61 bits per heavy atom. The highest BCUT2D eigenvalue weighted by Crippen LogP contribution is 2.34. The van der Waals surface area contributed by atoms with Crippen LogP contribution in [0, 0.1) is 4.91 Å². The molecule has 1 saturated carbocycles. The minimum absolute atomic E-state index is 0.102. The normalized spacial score (nSPS) is 13.7. The third-order valence-corrected chi connectivity index (χ3v) is 7.18. The van der Waals surface area contributed by atoms with Crippen LogP contribution in [-0.2, 0) is 6.54 Å². The zero-order valence-corrected chi connectivity index (χ0v) is 22.2. The molecule has 7 heteroatoms. The van der Waals surface area contributed by atoms with E-state index in [9.17, 15) is 9.70 Å². The molecule has 3 aromatic carbocycles. The highest BCUT2D eigenvalue weighted by Gasteiger charge is 2.25. The Morgan fingerprint density at radius 1 is 1.06 bits per heavy atom. The van der Waals surface area contributed by atoms with Gasteiger partial charge < -0.3 is 15.0 Å². The number of amides is 1. The second kappa shape index (κ2) is 12.7. The molecule has 4 rings (SSSR count). The Labute approximate surface area is 221 Å². The molecule has 36 heavy (non-hydrogen) atoms. The van der Waals surface area contributed by atoms with Gasteiger partial charge in [0.15, 0.2) is 0 Å². The lowest BCUT2D eigenvalue weighted by atomic mass is 9.93. The number of nitrogens with zero attached hydrogens (tertiary/aromatic N) is 2. The summed E-state index contributed by atoms with van der Waals surface area (Å²) in [5, 5.41) is 6.45. The maximum absolute atomic E-state index is 13.4. The summed E-state index contributed by atoms with van der Waals surface area (Å²) in [5.74, 6) is 1.36. The van der Waals surface area contributed by atoms with Gasteiger partial charge in [0.1, 0.15) is 17.2 Å². The lowest BCUT2D eigenvalue weighted by molar-refractivity contribution is 0.0634. The fraction of sp³-hybridized carbons (Fsp3) is 0.345. The molecule has 0 aliphatic heterocycles. The van der Waals surface area contributed by atoms with Gasteiger partial charge in [0.05, 0.1) is 10.2 Å². The summed E-state index contributed by atoms with van der Waals surface area (Å²) in [6, 6.07) is 20.7. The second-order valence-corrected chi connectivity index (χ2v) is 10.0. The Bertz CT molecular complexity index is 1190. The fourth-order valence-corrected chi connectivity index (χ4v) is 5.08. The number of para-hydroxylation sites is 1. The van der Waals surface area contributed by atoms with E-state index in [1.54, 1.807) is 18.2 Å². The van der Waals surface area contributed by atoms with Crippen LogP contribution < -0.4 is 10.1 Å². The molecule has 0 unspecified atom stereocenters. The summed E-state index contributed by atoms with van der Waals surface area (Å²) in [5.41, 5.74) is 2.53. The number of benzene rings is 3. The maximum atomic E-state index is 13.4. The number of rotatable bonds is 10. The highest BCUT2D eigenvalue weighted by molar-refractivity contribution is 9.10. The van der Waals surface area contributed by atoms with E-state index in [0.29, 0.717) is 41.0 Å². The second-order valence-electron chi connectivity index (χ2n) is 9.15. The van der Waals surface area contributed by atoms with Crippen molar-refractivity contribution in [3.05, 3.63) is 87.2 Å². The van der Waals surface area contributed by atoms with Crippen LogP contribution in [0.1, 0.15) is 61.4 Å². The molecule has 6 nitrogen and oxygen atoms in total. The molecule has 3 aromatic rings. The molecule has 0 radical (unpaired) electrons. The van der Waals surface area contributed by atoms with Crippen LogP contribution in [0.2, 0.25) is 0 Å². The number of hydrogen-bond acceptors (Lipinski definition) is 5. The maximum Gasteiger partial charge on any atom is 0.254 e. The molecule has 0 spiro atoms. The van der Waals surface area contributed by atoms with E-state index in [1.165, 1.54) is 19.3 Å². The largest absolute Gasteiger partial charge is 0.456 e. The van der Waals surface area contributed by atoms with E-state index in [2.05, 4.69) is 38.2 Å². The van der Waals surface area contributed by atoms with E-state index < -0.39 is 0 Å². The van der Waals surface area contributed by atoms with E-state index in [1.807, 2.05) is 48.5 Å². The molecule has 0 bridgehead atoms. The number of nitroso groups, excluding NO2 is 1. The van der Waals surface area contributed by atoms with Gasteiger partial charge in [0.2, 0.25) is 0 Å². The molecule has 1 N–H and O–H groups in total. The van der Waals surface area contributed by atoms with Gasteiger partial charge in [-0.25, -0.2) is 0 Å². The van der Waals surface area contributed by atoms with E-state index >= 15 is 0 Å². The van der Waals surface area contributed by atoms with Crippen molar-refractivity contribution in [1.82, 2.24) is 4.90 Å². The minimum atomic E-state index is 0.102. The van der Waals surface area contributed by atoms with E-state index in [-0.39, 0.29) is 5.91 Å². The first kappa shape index (κ1) is 25.9. The third kappa shape index (κ3) is 6.52. The molecular formula is C29H32BrN3O3. The molecule has 1 aliphatic carbocycles. The fourth-order valence-electron chi connectivity index (χ4n) is 4.72. The number of carbonyl (C=O) groups is 1. The monoisotopic (exact) mass is 549 g/mol. The zero-order valence-electron chi connectivity index (χ0n) is 20.6. The Morgan fingerprint density at radius 2 is 1.86 bits per heavy atom. The van der Waals surface area contributed by atoms with Crippen molar-refractivity contribution in [2.75, 3.05) is 11.9 Å². The van der Waals surface area contributed by atoms with Crippen LogP contribution in [0.15, 0.2) is 76.4 Å². The average Bonchev–Trinajstić information content (AvgIpc) is 2.92. The van der Waals surface area contributed by atoms with Gasteiger partial charge in [-0.3, -0.25) is 4.79 Å². The quantitative estimate of drug-likeness (QED) is 0.257. The van der Waals surface area contributed by atoms with Crippen molar-refractivity contribution in [3.63, 3.8) is 0 Å². The summed E-state index contributed by atoms with van der Waals surface area (Å²) >= 11 is 3.49. The first-order valence-corrected chi connectivity index (χ1v) is 13.4. The molecule has 1 aliphatic rings. The first-order valence-electron chi connectivity index (χ1n) is 12.6. The van der Waals surface area contributed by atoms with Crippen molar-refractivity contribution in [1.29, 1.82) is 0 Å². The molecule has 1 fully saturated rings. The van der Waals surface area contributed by atoms with Crippen LogP contribution in [0.5, 0.6) is 11.5 Å². The topological polar surface area (TPSA) is 71.0 Å². The predicted octanol–water partition coefficient (Wildman–Crippen LogP) is 8.44. The van der Waals surface area contributed by atoms with Gasteiger partial charge >= 0.3 is 0 Å². The lowest BCUT2D eigenvalue weighted by Crippen LogP contribution is -2.42. The number of nitrogens with one attached hydrogen (secondary N) is 1. The van der Waals surface area contributed by atoms with Gasteiger partial charge in [0.25, 0.3) is 5.91 Å². The van der Waals surface area contributed by atoms with Crippen LogP contribution in [-0.4, -0.2) is 23.4 Å². The molecular weight excluding hydrogens is 518 g/mol. The molecule has 0 saturated heterocycles. The van der Waals surface area contributed by atoms with Crippen molar-refractivity contribution >= 4 is 33.2 Å². The van der Waals surface area contributed by atoms with Crippen LogP contribution in [0.4, 0.5) is 11.4 Å². The zero-order chi connectivity index (χ0) is 25.3. The molecule has 1 amide bonds. The lowest BCUT2D eigenvalue weighted by Gasteiger charge is -2.34. The Hall–Kier alpha value is -3.19. The van der Waals surface area contributed by atoms with Crippen molar-refractivity contribution in [2.45, 2.75) is 58.0 Å². The molecule has 0 heterocycles. The van der Waals surface area contributed by atoms with Crippen LogP contribution in [0.3, 0.4) is 0 Å². The number of halogens is 1. The van der Waals surface area contributed by atoms with E-state index in [4.69, 9.17) is 4.74 Å². The first-order chi connectivity index (χ1) is 17.6. The van der Waals surface area contributed by atoms with Gasteiger partial charge in [-0.2, -0.15) is 0 Å². The number of carbonyl (C=O) groups excluding carboxylic acids is 1. The van der Waals surface area contributed by atoms with Gasteiger partial charge in [-0.15, -0.1) is 4.91 Å². The summed E-state index contributed by atoms with van der Waals surface area (Å²) < 4.78 is 6.82. The Balaban J connectivity index is 1.48. The SMILES string of the molecule is CCCN(C(=O)c1cccc(CNc2cc(Oc3ccccc3Br)ccc2N=O)c1)C1CCCCC1. The molecule has 0 atom stereocenters. The smallest absolute Gasteiger partial charge is 0.254 e. The van der Waals surface area contributed by atoms with E-state index in [0.717, 1.165) is 35.8 Å². The Kier molecular flexibility index (Phi) is 9.11. The van der Waals surface area contributed by atoms with Gasteiger partial charge in [-0.05, 0) is 82.3 Å². The summed E-state index contributed by atoms with van der Waals surface area (Å²) in [7, 11) is 0. The summed E-state index contributed by atoms with van der Waals surface area (Å²) in [6.45, 7) is 3.35. The summed E-state index contributed by atoms with van der Waals surface area (Å²) in [6.07, 6.45) is 6.78. The average molecular weight is 550 g/mol. The highest BCUT2D eigenvalue weighted by atomic mass is 79.9. The molecule has 0 aromatic heterocycles. The van der Waals surface area contributed by atoms with Gasteiger partial charge in [-0.1, -0.05) is 50.5 Å².